The summed E-state index contributed by atoms with van der Waals surface area (Å²) >= 11 is 0. The first kappa shape index (κ1) is 14.3. The molecule has 0 saturated heterocycles. The Morgan fingerprint density at radius 3 is 2.67 bits per heavy atom. The van der Waals surface area contributed by atoms with Gasteiger partial charge in [0.15, 0.2) is 0 Å². The van der Waals surface area contributed by atoms with E-state index < -0.39 is 11.0 Å². The maximum absolute atomic E-state index is 10.7. The van der Waals surface area contributed by atoms with Gasteiger partial charge in [-0.15, -0.1) is 0 Å². The van der Waals surface area contributed by atoms with Crippen LogP contribution in [0.3, 0.4) is 0 Å². The van der Waals surface area contributed by atoms with E-state index in [0.717, 1.165) is 0 Å². The number of benzene rings is 2. The summed E-state index contributed by atoms with van der Waals surface area (Å²) in [5.41, 5.74) is 0.974. The third kappa shape index (κ3) is 3.69. The van der Waals surface area contributed by atoms with Crippen molar-refractivity contribution in [2.75, 3.05) is 5.32 Å². The van der Waals surface area contributed by atoms with Crippen LogP contribution >= 0.6 is 0 Å². The van der Waals surface area contributed by atoms with Crippen molar-refractivity contribution in [1.29, 1.82) is 0 Å². The van der Waals surface area contributed by atoms with E-state index in [4.69, 9.17) is 9.84 Å². The molecule has 7 heteroatoms. The number of aryl methyl sites for hydroxylation is 1. The van der Waals surface area contributed by atoms with E-state index in [1.807, 2.05) is 0 Å². The zero-order chi connectivity index (χ0) is 15.4. The number of rotatable bonds is 4. The number of ether oxygens (including phenoxy) is 1. The molecule has 2 aromatic rings. The zero-order valence-electron chi connectivity index (χ0n) is 11.1. The van der Waals surface area contributed by atoms with Gasteiger partial charge < -0.3 is 9.84 Å². The van der Waals surface area contributed by atoms with E-state index >= 15 is 0 Å². The van der Waals surface area contributed by atoms with Crippen LogP contribution in [0.2, 0.25) is 0 Å². The van der Waals surface area contributed by atoms with E-state index in [1.54, 1.807) is 25.1 Å². The molecular formula is C14H12N2O5. The Balaban J connectivity index is 2.22. The third-order valence-electron chi connectivity index (χ3n) is 2.68. The number of nitrogens with zero attached hydrogens (tertiary/aromatic N) is 1. The fourth-order valence-electron chi connectivity index (χ4n) is 1.75. The highest BCUT2D eigenvalue weighted by Gasteiger charge is 2.10. The molecule has 2 aromatic carbocycles. The Kier molecular flexibility index (Phi) is 4.03. The smallest absolute Gasteiger partial charge is 0.409 e. The Bertz CT molecular complexity index is 700. The SMILES string of the molecule is Cc1cc([N+](=O)[O-])ccc1Oc1cccc(NC(=O)O)c1. The largest absolute Gasteiger partial charge is 0.465 e. The van der Waals surface area contributed by atoms with Gasteiger partial charge in [-0.1, -0.05) is 6.07 Å². The van der Waals surface area contributed by atoms with Crippen LogP contribution in [-0.2, 0) is 0 Å². The molecule has 2 rings (SSSR count). The van der Waals surface area contributed by atoms with Gasteiger partial charge >= 0.3 is 6.09 Å². The highest BCUT2D eigenvalue weighted by atomic mass is 16.6. The van der Waals surface area contributed by atoms with Crippen LogP contribution in [-0.4, -0.2) is 16.1 Å². The molecule has 2 N–H and O–H groups in total. The summed E-state index contributed by atoms with van der Waals surface area (Å²) in [6, 6.07) is 10.7. The second-order valence-electron chi connectivity index (χ2n) is 4.27. The van der Waals surface area contributed by atoms with Crippen LogP contribution in [0.4, 0.5) is 16.2 Å². The Labute approximate surface area is 119 Å². The molecule has 0 atom stereocenters. The number of amides is 1. The van der Waals surface area contributed by atoms with Gasteiger partial charge in [0.1, 0.15) is 11.5 Å². The number of nitro groups is 1. The first-order valence-corrected chi connectivity index (χ1v) is 5.98. The van der Waals surface area contributed by atoms with Gasteiger partial charge in [0.05, 0.1) is 4.92 Å². The monoisotopic (exact) mass is 288 g/mol. The summed E-state index contributed by atoms with van der Waals surface area (Å²) in [5, 5.41) is 21.5. The molecule has 0 spiro atoms. The molecule has 0 aliphatic rings. The number of anilines is 1. The zero-order valence-corrected chi connectivity index (χ0v) is 11.1. The van der Waals surface area contributed by atoms with E-state index in [2.05, 4.69) is 5.32 Å². The number of carboxylic acid groups (broad SMARTS) is 1. The van der Waals surface area contributed by atoms with Crippen LogP contribution in [0.15, 0.2) is 42.5 Å². The first-order chi connectivity index (χ1) is 9.95. The first-order valence-electron chi connectivity index (χ1n) is 5.98. The molecule has 0 radical (unpaired) electrons. The second-order valence-corrected chi connectivity index (χ2v) is 4.27. The lowest BCUT2D eigenvalue weighted by molar-refractivity contribution is -0.384. The summed E-state index contributed by atoms with van der Waals surface area (Å²) in [4.78, 5) is 20.8. The molecule has 7 nitrogen and oxygen atoms in total. The minimum atomic E-state index is -1.17. The summed E-state index contributed by atoms with van der Waals surface area (Å²) in [6.45, 7) is 1.70. The molecule has 0 saturated carbocycles. The number of nitrogens with one attached hydrogen (secondary N) is 1. The lowest BCUT2D eigenvalue weighted by atomic mass is 10.2. The average molecular weight is 288 g/mol. The van der Waals surface area contributed by atoms with Crippen LogP contribution in [0, 0.1) is 17.0 Å². The predicted octanol–water partition coefficient (Wildman–Crippen LogP) is 3.79. The highest BCUT2D eigenvalue weighted by molar-refractivity contribution is 5.83. The Morgan fingerprint density at radius 1 is 1.29 bits per heavy atom. The number of hydrogen-bond donors (Lipinski definition) is 2. The van der Waals surface area contributed by atoms with Crippen molar-refractivity contribution in [1.82, 2.24) is 0 Å². The number of carbonyl (C=O) groups is 1. The minimum absolute atomic E-state index is 0.0128. The van der Waals surface area contributed by atoms with Gasteiger partial charge in [0, 0.05) is 23.9 Å². The lowest BCUT2D eigenvalue weighted by Gasteiger charge is -2.09. The minimum Gasteiger partial charge on any atom is -0.465 e. The van der Waals surface area contributed by atoms with Crippen LogP contribution in [0.1, 0.15) is 5.56 Å². The number of non-ortho nitro benzene ring substituents is 1. The van der Waals surface area contributed by atoms with Crippen LogP contribution in [0.25, 0.3) is 0 Å². The van der Waals surface area contributed by atoms with Crippen molar-refractivity contribution in [3.8, 4) is 11.5 Å². The topological polar surface area (TPSA) is 102 Å². The third-order valence-corrected chi connectivity index (χ3v) is 2.68. The van der Waals surface area contributed by atoms with Gasteiger partial charge in [-0.2, -0.15) is 0 Å². The quantitative estimate of drug-likeness (QED) is 0.658. The fourth-order valence-corrected chi connectivity index (χ4v) is 1.75. The normalized spacial score (nSPS) is 9.95. The Hall–Kier alpha value is -3.09. The van der Waals surface area contributed by atoms with Gasteiger partial charge in [-0.05, 0) is 30.7 Å². The van der Waals surface area contributed by atoms with Crippen LogP contribution in [0.5, 0.6) is 11.5 Å². The summed E-state index contributed by atoms with van der Waals surface area (Å²) in [7, 11) is 0. The molecule has 0 bridgehead atoms. The second kappa shape index (κ2) is 5.91. The van der Waals surface area contributed by atoms with Gasteiger partial charge in [0.25, 0.3) is 5.69 Å². The van der Waals surface area contributed by atoms with Gasteiger partial charge in [0.2, 0.25) is 0 Å². The van der Waals surface area contributed by atoms with Crippen molar-refractivity contribution in [3.63, 3.8) is 0 Å². The standard InChI is InChI=1S/C14H12N2O5/c1-9-7-11(16(19)20)5-6-13(9)21-12-4-2-3-10(8-12)15-14(17)18/h2-8,15H,1H3,(H,17,18). The summed E-state index contributed by atoms with van der Waals surface area (Å²) < 4.78 is 5.61. The van der Waals surface area contributed by atoms with Crippen molar-refractivity contribution in [2.45, 2.75) is 6.92 Å². The van der Waals surface area contributed by atoms with Crippen molar-refractivity contribution in [2.24, 2.45) is 0 Å². The van der Waals surface area contributed by atoms with Crippen molar-refractivity contribution >= 4 is 17.5 Å². The summed E-state index contributed by atoms with van der Waals surface area (Å²) in [5.74, 6) is 0.895. The molecule has 108 valence electrons. The lowest BCUT2D eigenvalue weighted by Crippen LogP contribution is -2.06. The Morgan fingerprint density at radius 2 is 2.05 bits per heavy atom. The molecular weight excluding hydrogens is 276 g/mol. The molecule has 0 aliphatic carbocycles. The van der Waals surface area contributed by atoms with Crippen molar-refractivity contribution < 1.29 is 19.6 Å². The number of hydrogen-bond acceptors (Lipinski definition) is 4. The van der Waals surface area contributed by atoms with E-state index in [9.17, 15) is 14.9 Å². The van der Waals surface area contributed by atoms with Crippen molar-refractivity contribution in [3.05, 3.63) is 58.1 Å². The maximum Gasteiger partial charge on any atom is 0.409 e. The van der Waals surface area contributed by atoms with E-state index in [0.29, 0.717) is 22.7 Å². The molecule has 0 heterocycles. The highest BCUT2D eigenvalue weighted by Crippen LogP contribution is 2.29. The van der Waals surface area contributed by atoms with Crippen LogP contribution < -0.4 is 10.1 Å². The van der Waals surface area contributed by atoms with Gasteiger partial charge in [-0.3, -0.25) is 15.4 Å². The molecule has 1 amide bonds. The summed E-state index contributed by atoms with van der Waals surface area (Å²) in [6.07, 6.45) is -1.17. The molecule has 0 aliphatic heterocycles. The van der Waals surface area contributed by atoms with Gasteiger partial charge in [-0.25, -0.2) is 4.79 Å². The molecule has 0 unspecified atom stereocenters. The molecule has 0 fully saturated rings. The fraction of sp³-hybridized carbons (Fsp3) is 0.0714. The van der Waals surface area contributed by atoms with E-state index in [1.165, 1.54) is 24.3 Å². The average Bonchev–Trinajstić information content (AvgIpc) is 2.40. The number of nitro benzene ring substituents is 1. The predicted molar refractivity (Wildman–Crippen MR) is 76.0 cm³/mol. The molecule has 0 aromatic heterocycles. The maximum atomic E-state index is 10.7. The van der Waals surface area contributed by atoms with E-state index in [-0.39, 0.29) is 5.69 Å². The molecule has 21 heavy (non-hydrogen) atoms.